The molecule has 0 heterocycles. The molecule has 0 N–H and O–H groups in total. The number of rotatable bonds is 3. The standard InChI is InChI=1S/C28H19F2N/c1-2-3-19-4-6-20(7-5-19)8-9-21-10-14-25-22(16-21)13-15-26(28(25)30)23-11-12-24(18-31)27(29)17-23/h4-7,10-17H,2-3H2,1H3. The molecule has 0 aliphatic heterocycles. The first kappa shape index (κ1) is 20.3. The van der Waals surface area contributed by atoms with Crippen LogP contribution in [0, 0.1) is 34.8 Å². The van der Waals surface area contributed by atoms with Crippen LogP contribution in [0.3, 0.4) is 0 Å². The monoisotopic (exact) mass is 407 g/mol. The van der Waals surface area contributed by atoms with Crippen LogP contribution in [0.1, 0.15) is 35.6 Å². The number of hydrogen-bond donors (Lipinski definition) is 0. The van der Waals surface area contributed by atoms with E-state index in [0.717, 1.165) is 29.4 Å². The van der Waals surface area contributed by atoms with Gasteiger partial charge in [0.15, 0.2) is 0 Å². The molecule has 0 aromatic heterocycles. The lowest BCUT2D eigenvalue weighted by Gasteiger charge is -2.08. The summed E-state index contributed by atoms with van der Waals surface area (Å²) < 4.78 is 29.1. The molecule has 31 heavy (non-hydrogen) atoms. The number of benzene rings is 4. The van der Waals surface area contributed by atoms with E-state index in [4.69, 9.17) is 5.26 Å². The average molecular weight is 407 g/mol. The van der Waals surface area contributed by atoms with Crippen LogP contribution < -0.4 is 0 Å². The van der Waals surface area contributed by atoms with Gasteiger partial charge in [0.05, 0.1) is 5.56 Å². The molecule has 0 bridgehead atoms. The van der Waals surface area contributed by atoms with E-state index < -0.39 is 11.6 Å². The van der Waals surface area contributed by atoms with Gasteiger partial charge in [-0.15, -0.1) is 0 Å². The summed E-state index contributed by atoms with van der Waals surface area (Å²) >= 11 is 0. The Morgan fingerprint density at radius 1 is 0.806 bits per heavy atom. The summed E-state index contributed by atoms with van der Waals surface area (Å²) in [5, 5.41) is 10.0. The predicted octanol–water partition coefficient (Wildman–Crippen LogP) is 7.01. The van der Waals surface area contributed by atoms with Gasteiger partial charge in [0.1, 0.15) is 17.7 Å². The molecule has 150 valence electrons. The summed E-state index contributed by atoms with van der Waals surface area (Å²) in [4.78, 5) is 0. The van der Waals surface area contributed by atoms with Crippen LogP contribution in [0.15, 0.2) is 72.8 Å². The quantitative estimate of drug-likeness (QED) is 0.335. The maximum Gasteiger partial charge on any atom is 0.141 e. The van der Waals surface area contributed by atoms with E-state index in [0.29, 0.717) is 16.5 Å². The van der Waals surface area contributed by atoms with Crippen LogP contribution in [-0.4, -0.2) is 0 Å². The number of halogens is 2. The second kappa shape index (κ2) is 8.82. The Kier molecular flexibility index (Phi) is 5.78. The van der Waals surface area contributed by atoms with Crippen LogP contribution >= 0.6 is 0 Å². The smallest absolute Gasteiger partial charge is 0.141 e. The molecule has 4 aromatic rings. The van der Waals surface area contributed by atoms with Crippen LogP contribution in [0.4, 0.5) is 8.78 Å². The molecule has 0 fully saturated rings. The minimum atomic E-state index is -0.659. The van der Waals surface area contributed by atoms with Crippen LogP contribution in [0.2, 0.25) is 0 Å². The number of aryl methyl sites for hydroxylation is 1. The van der Waals surface area contributed by atoms with Gasteiger partial charge in [-0.05, 0) is 59.3 Å². The summed E-state index contributed by atoms with van der Waals surface area (Å²) in [5.41, 5.74) is 3.65. The predicted molar refractivity (Wildman–Crippen MR) is 120 cm³/mol. The number of nitriles is 1. The third kappa shape index (κ3) is 4.32. The van der Waals surface area contributed by atoms with Crippen molar-refractivity contribution in [1.82, 2.24) is 0 Å². The molecule has 4 aromatic carbocycles. The van der Waals surface area contributed by atoms with Gasteiger partial charge in [0.2, 0.25) is 0 Å². The minimum Gasteiger partial charge on any atom is -0.206 e. The first-order valence-electron chi connectivity index (χ1n) is 10.1. The first-order valence-corrected chi connectivity index (χ1v) is 10.1. The summed E-state index contributed by atoms with van der Waals surface area (Å²) in [5.74, 6) is 5.21. The molecule has 0 aliphatic rings. The van der Waals surface area contributed by atoms with Crippen molar-refractivity contribution >= 4 is 10.8 Å². The maximum absolute atomic E-state index is 15.1. The molecule has 3 heteroatoms. The molecule has 4 rings (SSSR count). The van der Waals surface area contributed by atoms with Gasteiger partial charge in [0, 0.05) is 22.1 Å². The van der Waals surface area contributed by atoms with E-state index in [1.165, 1.54) is 17.7 Å². The Morgan fingerprint density at radius 2 is 1.55 bits per heavy atom. The minimum absolute atomic E-state index is 0.0619. The lowest BCUT2D eigenvalue weighted by molar-refractivity contribution is 0.623. The van der Waals surface area contributed by atoms with Gasteiger partial charge >= 0.3 is 0 Å². The van der Waals surface area contributed by atoms with Gasteiger partial charge in [-0.2, -0.15) is 5.26 Å². The highest BCUT2D eigenvalue weighted by Gasteiger charge is 2.12. The summed E-state index contributed by atoms with van der Waals surface area (Å²) in [7, 11) is 0. The van der Waals surface area contributed by atoms with E-state index in [2.05, 4.69) is 30.9 Å². The highest BCUT2D eigenvalue weighted by Crippen LogP contribution is 2.30. The molecule has 0 amide bonds. The highest BCUT2D eigenvalue weighted by molar-refractivity contribution is 5.89. The first-order chi connectivity index (χ1) is 15.1. The fourth-order valence-electron chi connectivity index (χ4n) is 3.55. The molecule has 0 saturated heterocycles. The zero-order valence-electron chi connectivity index (χ0n) is 17.0. The van der Waals surface area contributed by atoms with Crippen molar-refractivity contribution in [1.29, 1.82) is 5.26 Å². The fraction of sp³-hybridized carbons (Fsp3) is 0.107. The van der Waals surface area contributed by atoms with Gasteiger partial charge in [-0.1, -0.05) is 61.6 Å². The van der Waals surface area contributed by atoms with Crippen LogP contribution in [0.25, 0.3) is 21.9 Å². The lowest BCUT2D eigenvalue weighted by atomic mass is 9.98. The highest BCUT2D eigenvalue weighted by atomic mass is 19.1. The van der Waals surface area contributed by atoms with Gasteiger partial charge in [-0.3, -0.25) is 0 Å². The molecule has 1 nitrogen and oxygen atoms in total. The molecule has 0 spiro atoms. The molecule has 0 saturated carbocycles. The Hall–Kier alpha value is -3.95. The lowest BCUT2D eigenvalue weighted by Crippen LogP contribution is -1.90. The Balaban J connectivity index is 1.65. The van der Waals surface area contributed by atoms with Crippen molar-refractivity contribution in [2.45, 2.75) is 19.8 Å². The molecule has 0 unspecified atom stereocenters. The second-order valence-corrected chi connectivity index (χ2v) is 7.37. The van der Waals surface area contributed by atoms with Crippen LogP contribution in [0.5, 0.6) is 0 Å². The molecule has 0 atom stereocenters. The Labute approximate surface area is 180 Å². The van der Waals surface area contributed by atoms with Crippen molar-refractivity contribution in [2.24, 2.45) is 0 Å². The third-order valence-electron chi connectivity index (χ3n) is 5.20. The number of hydrogen-bond acceptors (Lipinski definition) is 1. The number of fused-ring (bicyclic) bond motifs is 1. The van der Waals surface area contributed by atoms with E-state index in [1.54, 1.807) is 36.4 Å². The van der Waals surface area contributed by atoms with Crippen molar-refractivity contribution in [3.05, 3.63) is 107 Å². The van der Waals surface area contributed by atoms with Crippen LogP contribution in [-0.2, 0) is 6.42 Å². The zero-order valence-corrected chi connectivity index (χ0v) is 17.0. The summed E-state index contributed by atoms with van der Waals surface area (Å²) in [6, 6.07) is 22.9. The molecule has 0 radical (unpaired) electrons. The Bertz CT molecular complexity index is 1370. The molecular formula is C28H19F2N. The third-order valence-corrected chi connectivity index (χ3v) is 5.20. The van der Waals surface area contributed by atoms with E-state index in [9.17, 15) is 4.39 Å². The van der Waals surface area contributed by atoms with E-state index in [1.807, 2.05) is 18.2 Å². The molecular weight excluding hydrogens is 388 g/mol. The normalized spacial score (nSPS) is 10.4. The summed E-state index contributed by atoms with van der Waals surface area (Å²) in [6.45, 7) is 2.15. The summed E-state index contributed by atoms with van der Waals surface area (Å²) in [6.07, 6.45) is 2.17. The van der Waals surface area contributed by atoms with E-state index in [-0.39, 0.29) is 5.56 Å². The largest absolute Gasteiger partial charge is 0.206 e. The number of nitrogens with zero attached hydrogens (tertiary/aromatic N) is 1. The van der Waals surface area contributed by atoms with Gasteiger partial charge in [0.25, 0.3) is 0 Å². The SMILES string of the molecule is CCCc1ccc(C#Cc2ccc3c(F)c(-c4ccc(C#N)c(F)c4)ccc3c2)cc1. The maximum atomic E-state index is 15.1. The second-order valence-electron chi connectivity index (χ2n) is 7.37. The van der Waals surface area contributed by atoms with Crippen molar-refractivity contribution < 1.29 is 8.78 Å². The van der Waals surface area contributed by atoms with Crippen molar-refractivity contribution in [3.8, 4) is 29.0 Å². The van der Waals surface area contributed by atoms with Gasteiger partial charge in [-0.25, -0.2) is 8.78 Å². The topological polar surface area (TPSA) is 23.8 Å². The molecule has 0 aliphatic carbocycles. The van der Waals surface area contributed by atoms with E-state index >= 15 is 4.39 Å². The zero-order chi connectivity index (χ0) is 21.8. The average Bonchev–Trinajstić information content (AvgIpc) is 2.79. The Morgan fingerprint density at radius 3 is 2.26 bits per heavy atom. The fourth-order valence-corrected chi connectivity index (χ4v) is 3.55. The van der Waals surface area contributed by atoms with Crippen molar-refractivity contribution in [2.75, 3.05) is 0 Å². The van der Waals surface area contributed by atoms with Gasteiger partial charge < -0.3 is 0 Å². The van der Waals surface area contributed by atoms with Crippen molar-refractivity contribution in [3.63, 3.8) is 0 Å².